The highest BCUT2D eigenvalue weighted by Gasteiger charge is 2.13. The van der Waals surface area contributed by atoms with E-state index in [4.69, 9.17) is 16.7 Å². The highest BCUT2D eigenvalue weighted by atomic mass is 35.5. The maximum Gasteiger partial charge on any atom is 0.407 e. The number of carboxylic acid groups (broad SMARTS) is 1. The van der Waals surface area contributed by atoms with Crippen LogP contribution in [0.1, 0.15) is 20.8 Å². The van der Waals surface area contributed by atoms with Gasteiger partial charge in [-0.25, -0.2) is 4.79 Å². The van der Waals surface area contributed by atoms with Gasteiger partial charge in [0.1, 0.15) is 0 Å². The second-order valence-electron chi connectivity index (χ2n) is 4.09. The summed E-state index contributed by atoms with van der Waals surface area (Å²) in [6.45, 7) is 8.67. The first-order chi connectivity index (χ1) is 6.30. The van der Waals surface area contributed by atoms with Gasteiger partial charge in [0.25, 0.3) is 0 Å². The lowest BCUT2D eigenvalue weighted by Gasteiger charge is -2.23. The van der Waals surface area contributed by atoms with Crippen molar-refractivity contribution in [3.63, 3.8) is 0 Å². The molecule has 0 aromatic rings. The number of carbonyl (C=O) groups is 1. The standard InChI is InChI=1S/C5H10N2O2.C4H9Cl/c8-5(9)7-3-1-6-2-4-7;1-4(2,3)5/h6H,1-4H2,(H,8,9);1-3H3. The largest absolute Gasteiger partial charge is 0.465 e. The van der Waals surface area contributed by atoms with Crippen molar-refractivity contribution in [3.8, 4) is 0 Å². The van der Waals surface area contributed by atoms with Crippen LogP contribution < -0.4 is 5.32 Å². The van der Waals surface area contributed by atoms with E-state index in [1.54, 1.807) is 0 Å². The van der Waals surface area contributed by atoms with Gasteiger partial charge in [0, 0.05) is 31.1 Å². The molecule has 1 saturated heterocycles. The van der Waals surface area contributed by atoms with E-state index in [1.165, 1.54) is 4.90 Å². The molecule has 1 aliphatic heterocycles. The van der Waals surface area contributed by atoms with Crippen molar-refractivity contribution in [3.05, 3.63) is 0 Å². The quantitative estimate of drug-likeness (QED) is 0.612. The fourth-order valence-corrected chi connectivity index (χ4v) is 0.856. The van der Waals surface area contributed by atoms with Crippen LogP contribution in [0.3, 0.4) is 0 Å². The Morgan fingerprint density at radius 1 is 1.36 bits per heavy atom. The lowest BCUT2D eigenvalue weighted by molar-refractivity contribution is 0.139. The average Bonchev–Trinajstić information content (AvgIpc) is 2.03. The zero-order valence-electron chi connectivity index (χ0n) is 9.01. The number of amides is 1. The summed E-state index contributed by atoms with van der Waals surface area (Å²) in [5.74, 6) is 0. The molecule has 0 aromatic carbocycles. The summed E-state index contributed by atoms with van der Waals surface area (Å²) in [5, 5.41) is 11.5. The van der Waals surface area contributed by atoms with E-state index in [0.29, 0.717) is 13.1 Å². The van der Waals surface area contributed by atoms with Gasteiger partial charge < -0.3 is 15.3 Å². The van der Waals surface area contributed by atoms with Gasteiger partial charge in [-0.05, 0) is 20.8 Å². The minimum Gasteiger partial charge on any atom is -0.465 e. The second-order valence-corrected chi connectivity index (χ2v) is 5.22. The number of nitrogens with one attached hydrogen (secondary N) is 1. The minimum absolute atomic E-state index is 0.0278. The predicted octanol–water partition coefficient (Wildman–Crippen LogP) is 1.59. The summed E-state index contributed by atoms with van der Waals surface area (Å²) in [6.07, 6.45) is -0.809. The first-order valence-corrected chi connectivity index (χ1v) is 5.06. The third kappa shape index (κ3) is 9.61. The molecule has 1 heterocycles. The summed E-state index contributed by atoms with van der Waals surface area (Å²) in [6, 6.07) is 0. The zero-order valence-corrected chi connectivity index (χ0v) is 9.76. The van der Waals surface area contributed by atoms with Crippen molar-refractivity contribution in [2.75, 3.05) is 26.2 Å². The fourth-order valence-electron chi connectivity index (χ4n) is 0.856. The van der Waals surface area contributed by atoms with Gasteiger partial charge in [-0.1, -0.05) is 0 Å². The summed E-state index contributed by atoms with van der Waals surface area (Å²) < 4.78 is 0. The Balaban J connectivity index is 0.000000292. The van der Waals surface area contributed by atoms with Gasteiger partial charge in [0.2, 0.25) is 0 Å². The summed E-state index contributed by atoms with van der Waals surface area (Å²) in [4.78, 5) is 11.6. The molecular formula is C9H19ClN2O2. The van der Waals surface area contributed by atoms with Crippen LogP contribution >= 0.6 is 11.6 Å². The van der Waals surface area contributed by atoms with Crippen LogP contribution in [0.25, 0.3) is 0 Å². The lowest BCUT2D eigenvalue weighted by Crippen LogP contribution is -2.45. The van der Waals surface area contributed by atoms with Crippen LogP contribution in [0.4, 0.5) is 4.79 Å². The number of piperazine rings is 1. The van der Waals surface area contributed by atoms with Crippen LogP contribution in [0, 0.1) is 0 Å². The first kappa shape index (κ1) is 13.5. The second kappa shape index (κ2) is 6.09. The van der Waals surface area contributed by atoms with E-state index in [1.807, 2.05) is 20.8 Å². The summed E-state index contributed by atoms with van der Waals surface area (Å²) in [7, 11) is 0. The monoisotopic (exact) mass is 222 g/mol. The van der Waals surface area contributed by atoms with Crippen LogP contribution in [0.2, 0.25) is 0 Å². The van der Waals surface area contributed by atoms with Gasteiger partial charge in [-0.2, -0.15) is 0 Å². The smallest absolute Gasteiger partial charge is 0.407 e. The Morgan fingerprint density at radius 2 is 1.71 bits per heavy atom. The van der Waals surface area contributed by atoms with Crippen LogP contribution in [0.15, 0.2) is 0 Å². The molecule has 14 heavy (non-hydrogen) atoms. The van der Waals surface area contributed by atoms with Crippen LogP contribution in [-0.4, -0.2) is 47.2 Å². The molecule has 1 fully saturated rings. The van der Waals surface area contributed by atoms with Crippen LogP contribution in [-0.2, 0) is 0 Å². The third-order valence-corrected chi connectivity index (χ3v) is 1.39. The van der Waals surface area contributed by atoms with Crippen molar-refractivity contribution in [2.24, 2.45) is 0 Å². The van der Waals surface area contributed by atoms with Gasteiger partial charge in [0.05, 0.1) is 0 Å². The number of halogens is 1. The Bertz CT molecular complexity index is 168. The maximum atomic E-state index is 10.3. The van der Waals surface area contributed by atoms with Gasteiger partial charge >= 0.3 is 6.09 Å². The molecule has 0 atom stereocenters. The van der Waals surface area contributed by atoms with E-state index in [0.717, 1.165) is 13.1 Å². The number of hydrogen-bond acceptors (Lipinski definition) is 2. The Labute approximate surface area is 90.2 Å². The average molecular weight is 223 g/mol. The minimum atomic E-state index is -0.809. The Kier molecular flexibility index (Phi) is 5.88. The topological polar surface area (TPSA) is 52.6 Å². The van der Waals surface area contributed by atoms with E-state index >= 15 is 0 Å². The molecule has 5 heteroatoms. The molecule has 1 rings (SSSR count). The van der Waals surface area contributed by atoms with Crippen molar-refractivity contribution in [1.82, 2.24) is 10.2 Å². The number of hydrogen-bond donors (Lipinski definition) is 2. The molecule has 0 saturated carbocycles. The van der Waals surface area contributed by atoms with E-state index < -0.39 is 6.09 Å². The Morgan fingerprint density at radius 3 is 1.93 bits per heavy atom. The number of nitrogens with zero attached hydrogens (tertiary/aromatic N) is 1. The number of rotatable bonds is 0. The molecular weight excluding hydrogens is 204 g/mol. The Hall–Kier alpha value is -0.480. The van der Waals surface area contributed by atoms with E-state index in [9.17, 15) is 4.79 Å². The van der Waals surface area contributed by atoms with Crippen LogP contribution in [0.5, 0.6) is 0 Å². The molecule has 0 radical (unpaired) electrons. The van der Waals surface area contributed by atoms with Crippen molar-refractivity contribution >= 4 is 17.7 Å². The first-order valence-electron chi connectivity index (χ1n) is 4.68. The fraction of sp³-hybridized carbons (Fsp3) is 0.889. The molecule has 0 aromatic heterocycles. The van der Waals surface area contributed by atoms with Gasteiger partial charge in [-0.3, -0.25) is 0 Å². The SMILES string of the molecule is CC(C)(C)Cl.O=C(O)N1CCNCC1. The zero-order chi connectivity index (χ0) is 11.2. The highest BCUT2D eigenvalue weighted by Crippen LogP contribution is 2.07. The normalized spacial score (nSPS) is 17.0. The van der Waals surface area contributed by atoms with E-state index in [-0.39, 0.29) is 4.87 Å². The molecule has 0 unspecified atom stereocenters. The molecule has 1 amide bonds. The molecule has 0 bridgehead atoms. The van der Waals surface area contributed by atoms with Crippen molar-refractivity contribution in [1.29, 1.82) is 0 Å². The number of alkyl halides is 1. The molecule has 0 spiro atoms. The molecule has 0 aliphatic carbocycles. The van der Waals surface area contributed by atoms with E-state index in [2.05, 4.69) is 5.32 Å². The summed E-state index contributed by atoms with van der Waals surface area (Å²) in [5.41, 5.74) is 0. The molecule has 4 nitrogen and oxygen atoms in total. The molecule has 2 N–H and O–H groups in total. The third-order valence-electron chi connectivity index (χ3n) is 1.39. The predicted molar refractivity (Wildman–Crippen MR) is 58.1 cm³/mol. The maximum absolute atomic E-state index is 10.3. The van der Waals surface area contributed by atoms with Crippen molar-refractivity contribution < 1.29 is 9.90 Å². The molecule has 1 aliphatic rings. The van der Waals surface area contributed by atoms with Gasteiger partial charge in [-0.15, -0.1) is 11.6 Å². The molecule has 84 valence electrons. The summed E-state index contributed by atoms with van der Waals surface area (Å²) >= 11 is 5.53. The van der Waals surface area contributed by atoms with Crippen molar-refractivity contribution in [2.45, 2.75) is 25.6 Å². The lowest BCUT2D eigenvalue weighted by atomic mass is 10.3. The highest BCUT2D eigenvalue weighted by molar-refractivity contribution is 6.23. The van der Waals surface area contributed by atoms with Gasteiger partial charge in [0.15, 0.2) is 0 Å².